The van der Waals surface area contributed by atoms with Crippen LogP contribution in [0.2, 0.25) is 0 Å². The van der Waals surface area contributed by atoms with Gasteiger partial charge in [-0.05, 0) is 44.0 Å². The summed E-state index contributed by atoms with van der Waals surface area (Å²) >= 11 is 0. The zero-order valence-corrected chi connectivity index (χ0v) is 19.7. The van der Waals surface area contributed by atoms with E-state index in [1.807, 2.05) is 28.8 Å². The molecule has 30 heavy (non-hydrogen) atoms. The first-order valence-corrected chi connectivity index (χ1v) is 10.5. The molecule has 1 aliphatic rings. The first-order chi connectivity index (χ1) is 14.3. The quantitative estimate of drug-likeness (QED) is 0.298. The maximum Gasteiger partial charge on any atom is 0.191 e. The normalized spacial score (nSPS) is 16.9. The van der Waals surface area contributed by atoms with Gasteiger partial charge in [0.1, 0.15) is 5.82 Å². The highest BCUT2D eigenvalue weighted by Crippen LogP contribution is 2.19. The van der Waals surface area contributed by atoms with Crippen LogP contribution in [0.1, 0.15) is 25.6 Å². The van der Waals surface area contributed by atoms with Crippen LogP contribution in [0, 0.1) is 0 Å². The van der Waals surface area contributed by atoms with Gasteiger partial charge in [-0.25, -0.2) is 0 Å². The first-order valence-electron chi connectivity index (χ1n) is 10.5. The molecule has 1 fully saturated rings. The van der Waals surface area contributed by atoms with Gasteiger partial charge in [-0.2, -0.15) is 0 Å². The topological polar surface area (TPSA) is 69.8 Å². The van der Waals surface area contributed by atoms with Gasteiger partial charge in [0, 0.05) is 50.5 Å². The summed E-state index contributed by atoms with van der Waals surface area (Å²) in [6.45, 7) is 5.70. The van der Waals surface area contributed by atoms with Crippen LogP contribution < -0.4 is 15.5 Å². The number of pyridine rings is 1. The van der Waals surface area contributed by atoms with Crippen LogP contribution in [-0.2, 0) is 6.42 Å². The SMILES string of the molecule is CCNC(=NCCc1nnc2ccccn12)NC1CCCN(c2ccccc2)C1.I. The van der Waals surface area contributed by atoms with Crippen molar-refractivity contribution in [3.8, 4) is 0 Å². The number of halogens is 1. The van der Waals surface area contributed by atoms with E-state index in [0.29, 0.717) is 12.6 Å². The molecule has 7 nitrogen and oxygen atoms in total. The van der Waals surface area contributed by atoms with Crippen molar-refractivity contribution in [1.29, 1.82) is 0 Å². The molecule has 0 bridgehead atoms. The number of hydrogen-bond acceptors (Lipinski definition) is 4. The molecule has 2 N–H and O–H groups in total. The summed E-state index contributed by atoms with van der Waals surface area (Å²) in [6.07, 6.45) is 5.08. The van der Waals surface area contributed by atoms with Gasteiger partial charge < -0.3 is 15.5 Å². The second-order valence-corrected chi connectivity index (χ2v) is 7.32. The molecule has 1 saturated heterocycles. The standard InChI is InChI=1S/C22H29N7.HI/c1-2-23-22(24-14-13-21-27-26-20-12-6-7-16-29(20)21)25-18-9-8-15-28(17-18)19-10-4-3-5-11-19;/h3-7,10-12,16,18H,2,8-9,13-15,17H2,1H3,(H2,23,24,25);1H. The summed E-state index contributed by atoms with van der Waals surface area (Å²) in [4.78, 5) is 7.23. The van der Waals surface area contributed by atoms with Gasteiger partial charge in [0.2, 0.25) is 0 Å². The van der Waals surface area contributed by atoms with E-state index in [9.17, 15) is 0 Å². The number of piperidine rings is 1. The molecule has 160 valence electrons. The Morgan fingerprint density at radius 3 is 2.80 bits per heavy atom. The van der Waals surface area contributed by atoms with Crippen LogP contribution in [0.3, 0.4) is 0 Å². The molecule has 3 heterocycles. The van der Waals surface area contributed by atoms with Crippen LogP contribution in [0.4, 0.5) is 5.69 Å². The molecule has 2 aromatic heterocycles. The highest BCUT2D eigenvalue weighted by Gasteiger charge is 2.20. The van der Waals surface area contributed by atoms with Crippen molar-refractivity contribution in [3.63, 3.8) is 0 Å². The van der Waals surface area contributed by atoms with Crippen molar-refractivity contribution in [2.24, 2.45) is 4.99 Å². The van der Waals surface area contributed by atoms with Crippen molar-refractivity contribution in [2.45, 2.75) is 32.2 Å². The van der Waals surface area contributed by atoms with Gasteiger partial charge in [0.05, 0.1) is 0 Å². The third-order valence-corrected chi connectivity index (χ3v) is 5.22. The molecule has 0 spiro atoms. The fraction of sp³-hybridized carbons (Fsp3) is 0.409. The number of nitrogens with one attached hydrogen (secondary N) is 2. The number of hydrogen-bond donors (Lipinski definition) is 2. The monoisotopic (exact) mass is 519 g/mol. The first kappa shape index (κ1) is 22.3. The molecule has 3 aromatic rings. The van der Waals surface area contributed by atoms with Gasteiger partial charge in [-0.3, -0.25) is 9.39 Å². The maximum absolute atomic E-state index is 4.78. The molecule has 4 rings (SSSR count). The average Bonchev–Trinajstić information content (AvgIpc) is 3.18. The summed E-state index contributed by atoms with van der Waals surface area (Å²) < 4.78 is 2.02. The van der Waals surface area contributed by atoms with E-state index in [2.05, 4.69) is 63.0 Å². The summed E-state index contributed by atoms with van der Waals surface area (Å²) in [7, 11) is 0. The molecule has 0 saturated carbocycles. The minimum atomic E-state index is 0. The molecule has 0 radical (unpaired) electrons. The Labute approximate surface area is 195 Å². The Morgan fingerprint density at radius 2 is 1.97 bits per heavy atom. The number of aliphatic imine (C=N–C) groups is 1. The second-order valence-electron chi connectivity index (χ2n) is 7.32. The highest BCUT2D eigenvalue weighted by atomic mass is 127. The highest BCUT2D eigenvalue weighted by molar-refractivity contribution is 14.0. The molecular formula is C22H30IN7. The van der Waals surface area contributed by atoms with E-state index in [1.54, 1.807) is 0 Å². The van der Waals surface area contributed by atoms with Crippen molar-refractivity contribution in [1.82, 2.24) is 25.2 Å². The Kier molecular flexibility index (Phi) is 8.30. The zero-order valence-electron chi connectivity index (χ0n) is 17.4. The van der Waals surface area contributed by atoms with Crippen LogP contribution in [0.5, 0.6) is 0 Å². The molecule has 8 heteroatoms. The Morgan fingerprint density at radius 1 is 1.13 bits per heavy atom. The van der Waals surface area contributed by atoms with E-state index in [4.69, 9.17) is 4.99 Å². The van der Waals surface area contributed by atoms with Gasteiger partial charge in [0.25, 0.3) is 0 Å². The van der Waals surface area contributed by atoms with Crippen molar-refractivity contribution >= 4 is 41.3 Å². The summed E-state index contributed by atoms with van der Waals surface area (Å²) in [6, 6.07) is 17.0. The Hall–Kier alpha value is -2.36. The molecule has 1 aromatic carbocycles. The lowest BCUT2D eigenvalue weighted by atomic mass is 10.1. The zero-order chi connectivity index (χ0) is 19.9. The summed E-state index contributed by atoms with van der Waals surface area (Å²) in [5.41, 5.74) is 2.17. The molecule has 1 atom stereocenters. The largest absolute Gasteiger partial charge is 0.369 e. The third-order valence-electron chi connectivity index (χ3n) is 5.22. The molecule has 0 amide bonds. The number of nitrogens with zero attached hydrogens (tertiary/aromatic N) is 5. The fourth-order valence-corrected chi connectivity index (χ4v) is 3.81. The number of fused-ring (bicyclic) bond motifs is 1. The van der Waals surface area contributed by atoms with Gasteiger partial charge in [0.15, 0.2) is 11.6 Å². The number of para-hydroxylation sites is 1. The summed E-state index contributed by atoms with van der Waals surface area (Å²) in [5, 5.41) is 15.5. The molecule has 1 unspecified atom stereocenters. The number of aromatic nitrogens is 3. The van der Waals surface area contributed by atoms with E-state index >= 15 is 0 Å². The smallest absolute Gasteiger partial charge is 0.191 e. The maximum atomic E-state index is 4.78. The Bertz CT molecular complexity index is 941. The van der Waals surface area contributed by atoms with Crippen LogP contribution in [0.25, 0.3) is 5.65 Å². The lowest BCUT2D eigenvalue weighted by molar-refractivity contribution is 0.468. The Balaban J connectivity index is 0.00000256. The lowest BCUT2D eigenvalue weighted by Crippen LogP contribution is -2.51. The minimum absolute atomic E-state index is 0. The predicted octanol–water partition coefficient (Wildman–Crippen LogP) is 3.11. The minimum Gasteiger partial charge on any atom is -0.369 e. The molecule has 0 aliphatic carbocycles. The average molecular weight is 519 g/mol. The number of anilines is 1. The second kappa shape index (κ2) is 11.1. The van der Waals surface area contributed by atoms with Gasteiger partial charge >= 0.3 is 0 Å². The fourth-order valence-electron chi connectivity index (χ4n) is 3.81. The van der Waals surface area contributed by atoms with E-state index in [0.717, 1.165) is 49.9 Å². The van der Waals surface area contributed by atoms with Gasteiger partial charge in [-0.1, -0.05) is 24.3 Å². The lowest BCUT2D eigenvalue weighted by Gasteiger charge is -2.35. The number of guanidine groups is 1. The molecule has 1 aliphatic heterocycles. The van der Waals surface area contributed by atoms with E-state index in [-0.39, 0.29) is 24.0 Å². The molecular weight excluding hydrogens is 489 g/mol. The summed E-state index contributed by atoms with van der Waals surface area (Å²) in [5.74, 6) is 1.81. The van der Waals surface area contributed by atoms with Crippen LogP contribution in [0.15, 0.2) is 59.7 Å². The predicted molar refractivity (Wildman–Crippen MR) is 133 cm³/mol. The van der Waals surface area contributed by atoms with E-state index in [1.165, 1.54) is 12.1 Å². The van der Waals surface area contributed by atoms with Crippen LogP contribution >= 0.6 is 24.0 Å². The third kappa shape index (κ3) is 5.62. The number of benzene rings is 1. The van der Waals surface area contributed by atoms with Crippen molar-refractivity contribution in [2.75, 3.05) is 31.1 Å². The number of rotatable bonds is 6. The van der Waals surface area contributed by atoms with Crippen molar-refractivity contribution < 1.29 is 0 Å². The van der Waals surface area contributed by atoms with Crippen molar-refractivity contribution in [3.05, 3.63) is 60.6 Å². The van der Waals surface area contributed by atoms with E-state index < -0.39 is 0 Å². The van der Waals surface area contributed by atoms with Crippen LogP contribution in [-0.4, -0.2) is 52.8 Å². The van der Waals surface area contributed by atoms with Gasteiger partial charge in [-0.15, -0.1) is 34.2 Å².